The van der Waals surface area contributed by atoms with Gasteiger partial charge in [0.1, 0.15) is 6.04 Å². The van der Waals surface area contributed by atoms with Crippen molar-refractivity contribution in [3.05, 3.63) is 0 Å². The van der Waals surface area contributed by atoms with Gasteiger partial charge in [0.15, 0.2) is 0 Å². The number of carbonyl (C=O) groups is 1. The maximum Gasteiger partial charge on any atom is 0.323 e. The summed E-state index contributed by atoms with van der Waals surface area (Å²) < 4.78 is 10.1. The lowest BCUT2D eigenvalue weighted by molar-refractivity contribution is -0.145. The summed E-state index contributed by atoms with van der Waals surface area (Å²) in [6, 6.07) is -0.174. The molecule has 0 bridgehead atoms. The molecule has 0 fully saturated rings. The van der Waals surface area contributed by atoms with Crippen LogP contribution in [0.4, 0.5) is 0 Å². The second-order valence-electron chi connectivity index (χ2n) is 3.22. The van der Waals surface area contributed by atoms with Crippen LogP contribution in [0, 0.1) is 0 Å². The highest BCUT2D eigenvalue weighted by atomic mass is 16.5. The van der Waals surface area contributed by atoms with Gasteiger partial charge in [-0.3, -0.25) is 4.79 Å². The number of ether oxygens (including phenoxy) is 2. The van der Waals surface area contributed by atoms with Crippen molar-refractivity contribution in [3.63, 3.8) is 0 Å². The predicted molar refractivity (Wildman–Crippen MR) is 59.8 cm³/mol. The van der Waals surface area contributed by atoms with Gasteiger partial charge in [0, 0.05) is 13.2 Å². The number of nitrogens with one attached hydrogen (secondary N) is 1. The van der Waals surface area contributed by atoms with Crippen molar-refractivity contribution in [1.82, 2.24) is 5.32 Å². The second kappa shape index (κ2) is 9.93. The second-order valence-corrected chi connectivity index (χ2v) is 3.22. The molecule has 0 aliphatic heterocycles. The van der Waals surface area contributed by atoms with E-state index >= 15 is 0 Å². The van der Waals surface area contributed by atoms with Crippen LogP contribution in [0.2, 0.25) is 0 Å². The molecule has 0 aromatic rings. The molecule has 90 valence electrons. The Hall–Kier alpha value is -0.610. The summed E-state index contributed by atoms with van der Waals surface area (Å²) in [5.74, 6) is -0.156. The van der Waals surface area contributed by atoms with Gasteiger partial charge >= 0.3 is 5.97 Å². The number of esters is 1. The Morgan fingerprint density at radius 2 is 2.00 bits per heavy atom. The first kappa shape index (κ1) is 14.4. The normalized spacial score (nSPS) is 12.5. The number of rotatable bonds is 9. The van der Waals surface area contributed by atoms with Crippen LogP contribution in [-0.2, 0) is 14.3 Å². The summed E-state index contributed by atoms with van der Waals surface area (Å²) in [6.45, 7) is 8.48. The molecular weight excluding hydrogens is 194 g/mol. The first-order chi connectivity index (χ1) is 7.26. The van der Waals surface area contributed by atoms with Crippen LogP contribution < -0.4 is 5.32 Å². The minimum atomic E-state index is -0.174. The summed E-state index contributed by atoms with van der Waals surface area (Å²) in [5.41, 5.74) is 0. The minimum absolute atomic E-state index is 0.156. The summed E-state index contributed by atoms with van der Waals surface area (Å²) in [7, 11) is 0. The zero-order valence-electron chi connectivity index (χ0n) is 10.0. The lowest BCUT2D eigenvalue weighted by Gasteiger charge is -2.15. The molecule has 0 amide bonds. The van der Waals surface area contributed by atoms with Crippen molar-refractivity contribution in [3.8, 4) is 0 Å². The number of hydrogen-bond acceptors (Lipinski definition) is 4. The third kappa shape index (κ3) is 7.33. The standard InChI is InChI=1S/C11H23NO3/c1-4-10(11(13)15-6-3)12-8-7-9-14-5-2/h10,12H,4-9H2,1-3H3. The van der Waals surface area contributed by atoms with Crippen LogP contribution in [0.1, 0.15) is 33.6 Å². The Balaban J connectivity index is 3.56. The Morgan fingerprint density at radius 3 is 2.53 bits per heavy atom. The average molecular weight is 217 g/mol. The van der Waals surface area contributed by atoms with Gasteiger partial charge < -0.3 is 14.8 Å². The highest BCUT2D eigenvalue weighted by Gasteiger charge is 2.15. The van der Waals surface area contributed by atoms with Gasteiger partial charge in [-0.05, 0) is 33.2 Å². The largest absolute Gasteiger partial charge is 0.465 e. The van der Waals surface area contributed by atoms with Crippen LogP contribution in [0.5, 0.6) is 0 Å². The molecule has 1 unspecified atom stereocenters. The first-order valence-electron chi connectivity index (χ1n) is 5.73. The van der Waals surface area contributed by atoms with Crippen LogP contribution in [0.15, 0.2) is 0 Å². The van der Waals surface area contributed by atoms with Gasteiger partial charge in [-0.1, -0.05) is 6.92 Å². The van der Waals surface area contributed by atoms with Crippen LogP contribution in [0.3, 0.4) is 0 Å². The molecular formula is C11H23NO3. The molecule has 1 atom stereocenters. The summed E-state index contributed by atoms with van der Waals surface area (Å²) in [6.07, 6.45) is 1.68. The molecule has 0 spiro atoms. The topological polar surface area (TPSA) is 47.6 Å². The van der Waals surface area contributed by atoms with Crippen molar-refractivity contribution in [2.24, 2.45) is 0 Å². The maximum atomic E-state index is 11.4. The van der Waals surface area contributed by atoms with Crippen molar-refractivity contribution < 1.29 is 14.3 Å². The van der Waals surface area contributed by atoms with Crippen molar-refractivity contribution in [1.29, 1.82) is 0 Å². The van der Waals surface area contributed by atoms with Crippen LogP contribution in [-0.4, -0.2) is 38.4 Å². The molecule has 1 N–H and O–H groups in total. The Labute approximate surface area is 92.3 Å². The van der Waals surface area contributed by atoms with E-state index in [9.17, 15) is 4.79 Å². The number of hydrogen-bond donors (Lipinski definition) is 1. The van der Waals surface area contributed by atoms with Crippen molar-refractivity contribution in [2.75, 3.05) is 26.4 Å². The Morgan fingerprint density at radius 1 is 1.27 bits per heavy atom. The van der Waals surface area contributed by atoms with E-state index in [4.69, 9.17) is 9.47 Å². The molecule has 0 aromatic carbocycles. The van der Waals surface area contributed by atoms with E-state index in [0.717, 1.165) is 32.6 Å². The van der Waals surface area contributed by atoms with Gasteiger partial charge in [-0.25, -0.2) is 0 Å². The molecule has 0 saturated carbocycles. The third-order valence-electron chi connectivity index (χ3n) is 2.04. The first-order valence-corrected chi connectivity index (χ1v) is 5.73. The molecule has 15 heavy (non-hydrogen) atoms. The highest BCUT2D eigenvalue weighted by molar-refractivity contribution is 5.75. The minimum Gasteiger partial charge on any atom is -0.465 e. The summed E-state index contributed by atoms with van der Waals surface area (Å²) in [4.78, 5) is 11.4. The van der Waals surface area contributed by atoms with E-state index < -0.39 is 0 Å². The van der Waals surface area contributed by atoms with Gasteiger partial charge in [-0.2, -0.15) is 0 Å². The van der Waals surface area contributed by atoms with Gasteiger partial charge in [0.2, 0.25) is 0 Å². The number of carbonyl (C=O) groups excluding carboxylic acids is 1. The average Bonchev–Trinajstić information content (AvgIpc) is 2.23. The molecule has 4 heteroatoms. The molecule has 0 saturated heterocycles. The van der Waals surface area contributed by atoms with Crippen LogP contribution in [0.25, 0.3) is 0 Å². The van der Waals surface area contributed by atoms with Gasteiger partial charge in [0.25, 0.3) is 0 Å². The van der Waals surface area contributed by atoms with Crippen LogP contribution >= 0.6 is 0 Å². The van der Waals surface area contributed by atoms with E-state index in [0.29, 0.717) is 6.61 Å². The fourth-order valence-corrected chi connectivity index (χ4v) is 1.23. The summed E-state index contributed by atoms with van der Waals surface area (Å²) in [5, 5.41) is 3.16. The third-order valence-corrected chi connectivity index (χ3v) is 2.04. The van der Waals surface area contributed by atoms with E-state index in [2.05, 4.69) is 5.32 Å². The predicted octanol–water partition coefficient (Wildman–Crippen LogP) is 1.34. The molecule has 0 rings (SSSR count). The Bertz CT molecular complexity index is 162. The lowest BCUT2D eigenvalue weighted by Crippen LogP contribution is -2.38. The zero-order chi connectivity index (χ0) is 11.5. The SMILES string of the molecule is CCOCCCNC(CC)C(=O)OCC. The molecule has 0 radical (unpaired) electrons. The van der Waals surface area contributed by atoms with E-state index in [1.807, 2.05) is 20.8 Å². The van der Waals surface area contributed by atoms with E-state index in [1.165, 1.54) is 0 Å². The fraction of sp³-hybridized carbons (Fsp3) is 0.909. The molecule has 0 aliphatic carbocycles. The van der Waals surface area contributed by atoms with E-state index in [1.54, 1.807) is 0 Å². The lowest BCUT2D eigenvalue weighted by atomic mass is 10.2. The molecule has 0 aliphatic rings. The van der Waals surface area contributed by atoms with Crippen molar-refractivity contribution in [2.45, 2.75) is 39.7 Å². The monoisotopic (exact) mass is 217 g/mol. The Kier molecular flexibility index (Phi) is 9.52. The van der Waals surface area contributed by atoms with E-state index in [-0.39, 0.29) is 12.0 Å². The summed E-state index contributed by atoms with van der Waals surface area (Å²) >= 11 is 0. The van der Waals surface area contributed by atoms with Gasteiger partial charge in [0.05, 0.1) is 6.61 Å². The van der Waals surface area contributed by atoms with Crippen molar-refractivity contribution >= 4 is 5.97 Å². The quantitative estimate of drug-likeness (QED) is 0.468. The molecule has 0 aromatic heterocycles. The fourth-order valence-electron chi connectivity index (χ4n) is 1.23. The highest BCUT2D eigenvalue weighted by Crippen LogP contribution is 1.95. The molecule has 4 nitrogen and oxygen atoms in total. The molecule has 0 heterocycles. The smallest absolute Gasteiger partial charge is 0.323 e. The van der Waals surface area contributed by atoms with Gasteiger partial charge in [-0.15, -0.1) is 0 Å². The zero-order valence-corrected chi connectivity index (χ0v) is 10.0. The maximum absolute atomic E-state index is 11.4.